The molecule has 0 bridgehead atoms. The fourth-order valence-corrected chi connectivity index (χ4v) is 3.23. The van der Waals surface area contributed by atoms with Crippen molar-refractivity contribution in [2.45, 2.75) is 25.3 Å². The van der Waals surface area contributed by atoms with Gasteiger partial charge >= 0.3 is 0 Å². The minimum Gasteiger partial charge on any atom is -0.299 e. The van der Waals surface area contributed by atoms with E-state index >= 15 is 0 Å². The second-order valence-electron chi connectivity index (χ2n) is 6.10. The fourth-order valence-electron chi connectivity index (χ4n) is 3.23. The van der Waals surface area contributed by atoms with Crippen LogP contribution >= 0.6 is 0 Å². The van der Waals surface area contributed by atoms with Gasteiger partial charge in [0.2, 0.25) is 0 Å². The molecule has 3 rings (SSSR count). The van der Waals surface area contributed by atoms with Crippen LogP contribution in [0.1, 0.15) is 40.2 Å². The Morgan fingerprint density at radius 3 is 2.30 bits per heavy atom. The zero-order chi connectivity index (χ0) is 16.1. The average molecular weight is 310 g/mol. The molecule has 0 aromatic heterocycles. The lowest BCUT2D eigenvalue weighted by molar-refractivity contribution is 0.0706. The van der Waals surface area contributed by atoms with Crippen LogP contribution in [-0.4, -0.2) is 29.1 Å². The van der Waals surface area contributed by atoms with Crippen LogP contribution < -0.4 is 5.48 Å². The summed E-state index contributed by atoms with van der Waals surface area (Å²) in [5.41, 5.74) is 4.77. The van der Waals surface area contributed by atoms with Crippen molar-refractivity contribution in [1.82, 2.24) is 10.4 Å². The molecular weight excluding hydrogens is 288 g/mol. The van der Waals surface area contributed by atoms with Gasteiger partial charge < -0.3 is 0 Å². The second kappa shape index (κ2) is 7.40. The quantitative estimate of drug-likeness (QED) is 0.673. The highest BCUT2D eigenvalue weighted by atomic mass is 16.5. The molecule has 0 atom stereocenters. The van der Waals surface area contributed by atoms with Gasteiger partial charge in [-0.15, -0.1) is 0 Å². The van der Waals surface area contributed by atoms with Crippen LogP contribution in [0.25, 0.3) is 0 Å². The molecule has 4 nitrogen and oxygen atoms in total. The number of benzene rings is 2. The Labute approximate surface area is 136 Å². The SMILES string of the molecule is O=C(NO)c1ccc(CN2CCC(c3ccccc3)CC2)cc1. The molecule has 4 heteroatoms. The number of carbonyl (C=O) groups excluding carboxylic acids is 1. The predicted octanol–water partition coefficient (Wildman–Crippen LogP) is 3.19. The number of hydrogen-bond acceptors (Lipinski definition) is 3. The summed E-state index contributed by atoms with van der Waals surface area (Å²) in [5.74, 6) is 0.198. The number of nitrogens with zero attached hydrogens (tertiary/aromatic N) is 1. The van der Waals surface area contributed by atoms with Crippen molar-refractivity contribution in [2.75, 3.05) is 13.1 Å². The molecule has 0 saturated carbocycles. The molecule has 0 aliphatic carbocycles. The number of hydroxylamine groups is 1. The van der Waals surface area contributed by atoms with Gasteiger partial charge in [0.25, 0.3) is 5.91 Å². The summed E-state index contributed by atoms with van der Waals surface area (Å²) >= 11 is 0. The highest BCUT2D eigenvalue weighted by Crippen LogP contribution is 2.28. The van der Waals surface area contributed by atoms with E-state index in [1.807, 2.05) is 12.1 Å². The van der Waals surface area contributed by atoms with Crippen LogP contribution in [0.15, 0.2) is 54.6 Å². The minimum absolute atomic E-state index is 0.471. The number of amides is 1. The van der Waals surface area contributed by atoms with Gasteiger partial charge in [0, 0.05) is 12.1 Å². The molecule has 2 N–H and O–H groups in total. The van der Waals surface area contributed by atoms with E-state index in [-0.39, 0.29) is 0 Å². The highest BCUT2D eigenvalue weighted by Gasteiger charge is 2.20. The number of rotatable bonds is 4. The Bertz CT molecular complexity index is 632. The summed E-state index contributed by atoms with van der Waals surface area (Å²) in [6.45, 7) is 3.10. The fraction of sp³-hybridized carbons (Fsp3) is 0.316. The van der Waals surface area contributed by atoms with E-state index in [1.54, 1.807) is 17.6 Å². The van der Waals surface area contributed by atoms with Crippen LogP contribution in [0.3, 0.4) is 0 Å². The maximum absolute atomic E-state index is 11.3. The molecule has 0 unspecified atom stereocenters. The van der Waals surface area contributed by atoms with Crippen LogP contribution in [0, 0.1) is 0 Å². The van der Waals surface area contributed by atoms with Crippen molar-refractivity contribution >= 4 is 5.91 Å². The van der Waals surface area contributed by atoms with Gasteiger partial charge in [0.1, 0.15) is 0 Å². The molecule has 1 aliphatic heterocycles. The number of nitrogens with one attached hydrogen (secondary N) is 1. The first-order valence-corrected chi connectivity index (χ1v) is 8.07. The lowest BCUT2D eigenvalue weighted by atomic mass is 9.89. The molecule has 1 amide bonds. The van der Waals surface area contributed by atoms with E-state index in [0.717, 1.165) is 19.6 Å². The van der Waals surface area contributed by atoms with E-state index < -0.39 is 5.91 Å². The molecular formula is C19H22N2O2. The van der Waals surface area contributed by atoms with Gasteiger partial charge in [-0.05, 0) is 55.1 Å². The normalized spacial score (nSPS) is 16.2. The molecule has 120 valence electrons. The molecule has 2 aromatic carbocycles. The van der Waals surface area contributed by atoms with Gasteiger partial charge in [0.15, 0.2) is 0 Å². The Kier molecular flexibility index (Phi) is 5.05. The molecule has 1 fully saturated rings. The van der Waals surface area contributed by atoms with Crippen molar-refractivity contribution in [2.24, 2.45) is 0 Å². The minimum atomic E-state index is -0.472. The molecule has 1 saturated heterocycles. The van der Waals surface area contributed by atoms with Crippen molar-refractivity contribution in [3.05, 3.63) is 71.3 Å². The maximum Gasteiger partial charge on any atom is 0.274 e. The Hall–Kier alpha value is -2.17. The molecule has 1 heterocycles. The van der Waals surface area contributed by atoms with Gasteiger partial charge in [0.05, 0.1) is 0 Å². The molecule has 0 spiro atoms. The predicted molar refractivity (Wildman–Crippen MR) is 89.4 cm³/mol. The third kappa shape index (κ3) is 3.97. The second-order valence-corrected chi connectivity index (χ2v) is 6.10. The largest absolute Gasteiger partial charge is 0.299 e. The number of hydrogen-bond donors (Lipinski definition) is 2. The van der Waals surface area contributed by atoms with E-state index in [2.05, 4.69) is 35.2 Å². The molecule has 23 heavy (non-hydrogen) atoms. The lowest BCUT2D eigenvalue weighted by Crippen LogP contribution is -2.32. The first-order valence-electron chi connectivity index (χ1n) is 8.07. The van der Waals surface area contributed by atoms with Crippen LogP contribution in [0.5, 0.6) is 0 Å². The van der Waals surface area contributed by atoms with Gasteiger partial charge in [-0.3, -0.25) is 14.9 Å². The van der Waals surface area contributed by atoms with E-state index in [1.165, 1.54) is 24.0 Å². The third-order valence-corrected chi connectivity index (χ3v) is 4.58. The van der Waals surface area contributed by atoms with Gasteiger partial charge in [-0.1, -0.05) is 42.5 Å². The maximum atomic E-state index is 11.3. The Morgan fingerprint density at radius 1 is 1.04 bits per heavy atom. The lowest BCUT2D eigenvalue weighted by Gasteiger charge is -2.32. The standard InChI is InChI=1S/C19H22N2O2/c22-19(20-23)18-8-6-15(7-9-18)14-21-12-10-17(11-13-21)16-4-2-1-3-5-16/h1-9,17,23H,10-14H2,(H,20,22). The summed E-state index contributed by atoms with van der Waals surface area (Å²) in [4.78, 5) is 13.8. The van der Waals surface area contributed by atoms with Crippen molar-refractivity contribution in [3.63, 3.8) is 0 Å². The van der Waals surface area contributed by atoms with Crippen LogP contribution in [-0.2, 0) is 6.54 Å². The number of carbonyl (C=O) groups is 1. The zero-order valence-electron chi connectivity index (χ0n) is 13.1. The summed E-state index contributed by atoms with van der Waals surface area (Å²) in [6, 6.07) is 18.2. The topological polar surface area (TPSA) is 52.6 Å². The van der Waals surface area contributed by atoms with Crippen molar-refractivity contribution in [1.29, 1.82) is 0 Å². The number of likely N-dealkylation sites (tertiary alicyclic amines) is 1. The smallest absolute Gasteiger partial charge is 0.274 e. The van der Waals surface area contributed by atoms with Crippen LogP contribution in [0.4, 0.5) is 0 Å². The summed E-state index contributed by atoms with van der Waals surface area (Å²) in [5, 5.41) is 8.63. The average Bonchev–Trinajstić information content (AvgIpc) is 2.63. The monoisotopic (exact) mass is 310 g/mol. The molecule has 1 aliphatic rings. The van der Waals surface area contributed by atoms with Crippen LogP contribution in [0.2, 0.25) is 0 Å². The Balaban J connectivity index is 1.53. The Morgan fingerprint density at radius 2 is 1.70 bits per heavy atom. The molecule has 0 radical (unpaired) electrons. The van der Waals surface area contributed by atoms with Gasteiger partial charge in [-0.2, -0.15) is 0 Å². The van der Waals surface area contributed by atoms with E-state index in [4.69, 9.17) is 5.21 Å². The summed E-state index contributed by atoms with van der Waals surface area (Å²) in [6.07, 6.45) is 2.38. The first kappa shape index (κ1) is 15.7. The zero-order valence-corrected chi connectivity index (χ0v) is 13.1. The van der Waals surface area contributed by atoms with Crippen molar-refractivity contribution in [3.8, 4) is 0 Å². The first-order chi connectivity index (χ1) is 11.3. The van der Waals surface area contributed by atoms with Crippen molar-refractivity contribution < 1.29 is 10.0 Å². The van der Waals surface area contributed by atoms with E-state index in [9.17, 15) is 4.79 Å². The highest BCUT2D eigenvalue weighted by molar-refractivity contribution is 5.93. The molecule has 2 aromatic rings. The third-order valence-electron chi connectivity index (χ3n) is 4.58. The number of piperidine rings is 1. The summed E-state index contributed by atoms with van der Waals surface area (Å²) < 4.78 is 0. The summed E-state index contributed by atoms with van der Waals surface area (Å²) in [7, 11) is 0. The van der Waals surface area contributed by atoms with Gasteiger partial charge in [-0.25, -0.2) is 5.48 Å². The van der Waals surface area contributed by atoms with E-state index in [0.29, 0.717) is 11.5 Å².